The molecule has 0 radical (unpaired) electrons. The van der Waals surface area contributed by atoms with E-state index in [9.17, 15) is 9.59 Å². The van der Waals surface area contributed by atoms with Crippen molar-refractivity contribution in [2.45, 2.75) is 43.9 Å². The Bertz CT molecular complexity index is 449. The van der Waals surface area contributed by atoms with Crippen molar-refractivity contribution in [2.75, 3.05) is 39.8 Å². The molecule has 0 aromatic carbocycles. The summed E-state index contributed by atoms with van der Waals surface area (Å²) in [5.74, 6) is -0.127. The molecule has 2 aliphatic carbocycles. The largest absolute Gasteiger partial charge is 0.480 e. The molecule has 1 unspecified atom stereocenters. The highest BCUT2D eigenvalue weighted by Gasteiger charge is 2.38. The lowest BCUT2D eigenvalue weighted by Gasteiger charge is -2.43. The van der Waals surface area contributed by atoms with Crippen LogP contribution in [-0.2, 0) is 14.3 Å². The van der Waals surface area contributed by atoms with Crippen molar-refractivity contribution in [1.29, 1.82) is 0 Å². The topological polar surface area (TPSA) is 82.1 Å². The predicted molar refractivity (Wildman–Crippen MR) is 84.1 cm³/mol. The molecule has 0 aromatic heterocycles. The zero-order valence-corrected chi connectivity index (χ0v) is 13.7. The van der Waals surface area contributed by atoms with E-state index in [1.165, 1.54) is 12.8 Å². The molecule has 130 valence electrons. The molecule has 7 nitrogen and oxygen atoms in total. The fourth-order valence-electron chi connectivity index (χ4n) is 3.38. The summed E-state index contributed by atoms with van der Waals surface area (Å²) >= 11 is 0. The SMILES string of the molecule is CN1CCOC(C(=O)NC2CC(N(CC(=O)O)CC3CC3)C2)C1. The van der Waals surface area contributed by atoms with Crippen LogP contribution < -0.4 is 5.32 Å². The molecule has 23 heavy (non-hydrogen) atoms. The van der Waals surface area contributed by atoms with E-state index in [1.807, 2.05) is 7.05 Å². The highest BCUT2D eigenvalue weighted by Crippen LogP contribution is 2.33. The number of hydrogen-bond donors (Lipinski definition) is 2. The summed E-state index contributed by atoms with van der Waals surface area (Å²) < 4.78 is 5.53. The number of hydrogen-bond acceptors (Lipinski definition) is 5. The van der Waals surface area contributed by atoms with Gasteiger partial charge in [0.15, 0.2) is 0 Å². The van der Waals surface area contributed by atoms with Gasteiger partial charge in [0.2, 0.25) is 0 Å². The summed E-state index contributed by atoms with van der Waals surface area (Å²) in [5, 5.41) is 12.1. The second-order valence-electron chi connectivity index (χ2n) is 7.22. The van der Waals surface area contributed by atoms with Crippen molar-refractivity contribution >= 4 is 11.9 Å². The molecule has 3 fully saturated rings. The van der Waals surface area contributed by atoms with E-state index in [0.717, 1.165) is 25.9 Å². The average molecular weight is 325 g/mol. The minimum atomic E-state index is -0.767. The molecule has 2 N–H and O–H groups in total. The lowest BCUT2D eigenvalue weighted by molar-refractivity contribution is -0.142. The Labute approximate surface area is 136 Å². The number of carboxylic acid groups (broad SMARTS) is 1. The maximum absolute atomic E-state index is 12.2. The first-order valence-corrected chi connectivity index (χ1v) is 8.57. The monoisotopic (exact) mass is 325 g/mol. The van der Waals surface area contributed by atoms with Crippen LogP contribution >= 0.6 is 0 Å². The normalized spacial score (nSPS) is 31.7. The summed E-state index contributed by atoms with van der Waals surface area (Å²) in [6.45, 7) is 3.08. The van der Waals surface area contributed by atoms with Gasteiger partial charge in [-0.3, -0.25) is 14.5 Å². The zero-order valence-electron chi connectivity index (χ0n) is 13.7. The van der Waals surface area contributed by atoms with E-state index in [4.69, 9.17) is 9.84 Å². The molecule has 1 amide bonds. The van der Waals surface area contributed by atoms with E-state index in [-0.39, 0.29) is 30.6 Å². The minimum absolute atomic E-state index is 0.0352. The fourth-order valence-corrected chi connectivity index (χ4v) is 3.38. The Balaban J connectivity index is 1.42. The summed E-state index contributed by atoms with van der Waals surface area (Å²) in [7, 11) is 1.99. The Morgan fingerprint density at radius 2 is 2.09 bits per heavy atom. The highest BCUT2D eigenvalue weighted by molar-refractivity contribution is 5.81. The van der Waals surface area contributed by atoms with E-state index in [1.54, 1.807) is 0 Å². The highest BCUT2D eigenvalue weighted by atomic mass is 16.5. The van der Waals surface area contributed by atoms with Crippen LogP contribution in [0.1, 0.15) is 25.7 Å². The first kappa shape index (κ1) is 16.7. The molecule has 2 saturated carbocycles. The first-order chi connectivity index (χ1) is 11.0. The van der Waals surface area contributed by atoms with Crippen LogP contribution in [0.3, 0.4) is 0 Å². The van der Waals surface area contributed by atoms with Gasteiger partial charge < -0.3 is 20.1 Å². The number of aliphatic carboxylic acids is 1. The summed E-state index contributed by atoms with van der Waals surface area (Å²) in [4.78, 5) is 27.4. The van der Waals surface area contributed by atoms with Gasteiger partial charge in [0.05, 0.1) is 13.2 Å². The van der Waals surface area contributed by atoms with Crippen LogP contribution in [0.4, 0.5) is 0 Å². The maximum Gasteiger partial charge on any atom is 0.317 e. The van der Waals surface area contributed by atoms with Crippen molar-refractivity contribution in [3.8, 4) is 0 Å². The van der Waals surface area contributed by atoms with Gasteiger partial charge in [-0.25, -0.2) is 0 Å². The smallest absolute Gasteiger partial charge is 0.317 e. The molecule has 1 aliphatic heterocycles. The maximum atomic E-state index is 12.2. The number of carbonyl (C=O) groups is 2. The minimum Gasteiger partial charge on any atom is -0.480 e. The number of ether oxygens (including phenoxy) is 1. The van der Waals surface area contributed by atoms with Crippen molar-refractivity contribution in [2.24, 2.45) is 5.92 Å². The van der Waals surface area contributed by atoms with Crippen LogP contribution in [0.25, 0.3) is 0 Å². The summed E-state index contributed by atoms with van der Waals surface area (Å²) in [6.07, 6.45) is 3.74. The van der Waals surface area contributed by atoms with Crippen LogP contribution in [0.15, 0.2) is 0 Å². The van der Waals surface area contributed by atoms with Gasteiger partial charge in [-0.15, -0.1) is 0 Å². The van der Waals surface area contributed by atoms with E-state index in [2.05, 4.69) is 15.1 Å². The Kier molecular flexibility index (Phi) is 5.18. The van der Waals surface area contributed by atoms with Gasteiger partial charge in [0, 0.05) is 31.7 Å². The van der Waals surface area contributed by atoms with E-state index in [0.29, 0.717) is 19.1 Å². The molecule has 0 aromatic rings. The van der Waals surface area contributed by atoms with Gasteiger partial charge in [-0.1, -0.05) is 0 Å². The molecule has 3 aliphatic rings. The number of carboxylic acids is 1. The predicted octanol–water partition coefficient (Wildman–Crippen LogP) is -0.239. The van der Waals surface area contributed by atoms with Crippen LogP contribution in [0.2, 0.25) is 0 Å². The van der Waals surface area contributed by atoms with Gasteiger partial charge in [0.25, 0.3) is 5.91 Å². The van der Waals surface area contributed by atoms with Crippen molar-refractivity contribution in [3.63, 3.8) is 0 Å². The second kappa shape index (κ2) is 7.15. The lowest BCUT2D eigenvalue weighted by atomic mass is 9.85. The standard InChI is InChI=1S/C16H27N3O4/c1-18-4-5-23-14(9-18)16(22)17-12-6-13(7-12)19(10-15(20)21)8-11-2-3-11/h11-14H,2-10H2,1H3,(H,17,22)(H,20,21). The van der Waals surface area contributed by atoms with Crippen molar-refractivity contribution in [3.05, 3.63) is 0 Å². The molecule has 1 heterocycles. The van der Waals surface area contributed by atoms with Gasteiger partial charge in [-0.05, 0) is 38.6 Å². The van der Waals surface area contributed by atoms with E-state index >= 15 is 0 Å². The van der Waals surface area contributed by atoms with Gasteiger partial charge in [-0.2, -0.15) is 0 Å². The van der Waals surface area contributed by atoms with Gasteiger partial charge >= 0.3 is 5.97 Å². The number of likely N-dealkylation sites (N-methyl/N-ethyl adjacent to an activating group) is 1. The number of carbonyl (C=O) groups excluding carboxylic acids is 1. The molecule has 0 bridgehead atoms. The molecular formula is C16H27N3O4. The van der Waals surface area contributed by atoms with Crippen LogP contribution in [-0.4, -0.2) is 84.8 Å². The third kappa shape index (κ3) is 4.65. The van der Waals surface area contributed by atoms with Crippen molar-refractivity contribution in [1.82, 2.24) is 15.1 Å². The number of amides is 1. The molecule has 1 saturated heterocycles. The molecular weight excluding hydrogens is 298 g/mol. The lowest BCUT2D eigenvalue weighted by Crippen LogP contribution is -2.58. The summed E-state index contributed by atoms with van der Waals surface area (Å²) in [6, 6.07) is 0.436. The molecule has 1 atom stereocenters. The third-order valence-electron chi connectivity index (χ3n) is 5.07. The Hall–Kier alpha value is -1.18. The number of nitrogens with one attached hydrogen (secondary N) is 1. The molecule has 7 heteroatoms. The average Bonchev–Trinajstić information content (AvgIpc) is 3.25. The van der Waals surface area contributed by atoms with Crippen LogP contribution in [0.5, 0.6) is 0 Å². The Morgan fingerprint density at radius 1 is 1.35 bits per heavy atom. The molecule has 0 spiro atoms. The van der Waals surface area contributed by atoms with Crippen molar-refractivity contribution < 1.29 is 19.4 Å². The van der Waals surface area contributed by atoms with Crippen LogP contribution in [0, 0.1) is 5.92 Å². The third-order valence-corrected chi connectivity index (χ3v) is 5.07. The number of nitrogens with zero attached hydrogens (tertiary/aromatic N) is 2. The summed E-state index contributed by atoms with van der Waals surface area (Å²) in [5.41, 5.74) is 0. The first-order valence-electron chi connectivity index (χ1n) is 8.57. The second-order valence-corrected chi connectivity index (χ2v) is 7.22. The Morgan fingerprint density at radius 3 is 2.70 bits per heavy atom. The number of morpholine rings is 1. The van der Waals surface area contributed by atoms with Gasteiger partial charge in [0.1, 0.15) is 6.10 Å². The van der Waals surface area contributed by atoms with E-state index < -0.39 is 5.97 Å². The fraction of sp³-hybridized carbons (Fsp3) is 0.875. The molecule has 3 rings (SSSR count). The number of rotatable bonds is 7. The quantitative estimate of drug-likeness (QED) is 0.672. The zero-order chi connectivity index (χ0) is 16.4.